The zero-order valence-electron chi connectivity index (χ0n) is 55.4. The number of carbonyl (C=O) groups excluding carboxylic acids is 3. The first-order valence-electron chi connectivity index (χ1n) is 32.5. The summed E-state index contributed by atoms with van der Waals surface area (Å²) in [6.07, 6.45) is -77.2. The molecular formula is C57H97N3O43. The molecule has 0 aliphatic carbocycles. The van der Waals surface area contributed by atoms with Crippen LogP contribution in [0.4, 0.5) is 0 Å². The highest BCUT2D eigenvalue weighted by Crippen LogP contribution is 2.40. The summed E-state index contributed by atoms with van der Waals surface area (Å²) in [4.78, 5) is 51.2. The van der Waals surface area contributed by atoms with Crippen LogP contribution in [0.3, 0.4) is 0 Å². The van der Waals surface area contributed by atoms with Gasteiger partial charge in [-0.2, -0.15) is 0 Å². The number of rotatable bonds is 31. The molecule has 3 amide bonds. The summed E-state index contributed by atoms with van der Waals surface area (Å²) < 4.78 is 82.1. The molecule has 0 unspecified atom stereocenters. The summed E-state index contributed by atoms with van der Waals surface area (Å²) in [6.45, 7) is -5.33. The van der Waals surface area contributed by atoms with Crippen molar-refractivity contribution in [2.45, 2.75) is 279 Å². The maximum absolute atomic E-state index is 13.3. The molecule has 0 spiro atoms. The second kappa shape index (κ2) is 37.7. The lowest BCUT2D eigenvalue weighted by Gasteiger charge is -2.52. The Bertz CT molecular complexity index is 2670. The summed E-state index contributed by atoms with van der Waals surface area (Å²) in [7, 11) is 0. The highest BCUT2D eigenvalue weighted by atomic mass is 16.8. The molecule has 46 heteroatoms. The Morgan fingerprint density at radius 2 is 0.845 bits per heavy atom. The van der Waals surface area contributed by atoms with Crippen LogP contribution >= 0.6 is 0 Å². The molecule has 0 aromatic carbocycles. The van der Waals surface area contributed by atoms with E-state index in [2.05, 4.69) is 16.0 Å². The molecule has 7 saturated heterocycles. The van der Waals surface area contributed by atoms with Gasteiger partial charge in [0.25, 0.3) is 5.79 Å². The first-order valence-corrected chi connectivity index (χ1v) is 32.5. The molecule has 7 aliphatic rings. The molecule has 0 radical (unpaired) electrons. The van der Waals surface area contributed by atoms with Crippen LogP contribution in [-0.4, -0.2) is 449 Å². The fourth-order valence-corrected chi connectivity index (χ4v) is 12.8. The number of hydrogen-bond donors (Lipinski definition) is 28. The van der Waals surface area contributed by atoms with Gasteiger partial charge in [0.1, 0.15) is 183 Å². The minimum Gasteiger partial charge on any atom is -0.477 e. The van der Waals surface area contributed by atoms with Crippen molar-refractivity contribution in [1.29, 1.82) is 0 Å². The van der Waals surface area contributed by atoms with Crippen molar-refractivity contribution in [3.8, 4) is 0 Å². The Morgan fingerprint density at radius 1 is 0.427 bits per heavy atom. The standard InChI is InChI=1S/C57H97N3O43/c1-14-30(75)37(82)39(84)52(91-14)100-47-29(60-17(4)70)51(102-49-35(80)22(9-64)92-54(41(49)86)97-43(21(74)8-63)31(76)19(72)6-61)95-25(12-67)45(47)99-55-42(87)48(34(79)23(10-65)93-55)101-50-28(59-16(3)69)36(81)44(24(11-66)94-50)98-53-40(85)38(83)33(78)26(96-53)13-90-57(56(88)89)5-18(71)27(58-15(2)68)46(103-57)32(77)20(73)7-62/h14,18-55,61-67,71-87H,5-13H2,1-4H3,(H,58,68)(H,59,69)(H,60,70)(H,88,89)/t14-,18-,19-,20+,21+,22+,23+,24+,25+,26+,27+,28+,29+,30+,31+,32+,33-,34-,35-,36+,37+,38-,39-,40+,41+,42+,43+,44+,45+,46+,47+,48-,49-,50-,51-,52-,53-,54-,55-,57+/m0/s1. The quantitative estimate of drug-likeness (QED) is 0.0306. The Kier molecular flexibility index (Phi) is 31.7. The van der Waals surface area contributed by atoms with Gasteiger partial charge in [-0.25, -0.2) is 4.79 Å². The molecule has 598 valence electrons. The van der Waals surface area contributed by atoms with Crippen LogP contribution in [0.5, 0.6) is 0 Å². The average Bonchev–Trinajstić information content (AvgIpc) is 0.779. The minimum absolute atomic E-state index is 0.821. The van der Waals surface area contributed by atoms with Crippen molar-refractivity contribution in [3.63, 3.8) is 0 Å². The van der Waals surface area contributed by atoms with E-state index in [9.17, 15) is 147 Å². The van der Waals surface area contributed by atoms with Crippen LogP contribution in [0.25, 0.3) is 0 Å². The maximum Gasteiger partial charge on any atom is 0.364 e. The summed E-state index contributed by atoms with van der Waals surface area (Å²) in [6, 6.07) is -5.64. The number of ether oxygens (including phenoxy) is 14. The first kappa shape index (κ1) is 86.6. The lowest BCUT2D eigenvalue weighted by atomic mass is 9.88. The van der Waals surface area contributed by atoms with Crippen LogP contribution < -0.4 is 16.0 Å². The van der Waals surface area contributed by atoms with E-state index < -0.39 is 328 Å². The summed E-state index contributed by atoms with van der Waals surface area (Å²) >= 11 is 0. The van der Waals surface area contributed by atoms with E-state index in [1.54, 1.807) is 0 Å². The highest BCUT2D eigenvalue weighted by Gasteiger charge is 2.61. The minimum atomic E-state index is -3.05. The topological polar surface area (TPSA) is 739 Å². The van der Waals surface area contributed by atoms with Crippen molar-refractivity contribution in [3.05, 3.63) is 0 Å². The van der Waals surface area contributed by atoms with Gasteiger partial charge < -0.3 is 210 Å². The maximum atomic E-state index is 13.3. The lowest BCUT2D eigenvalue weighted by Crippen LogP contribution is -2.71. The molecule has 7 aliphatic heterocycles. The third-order valence-corrected chi connectivity index (χ3v) is 18.4. The van der Waals surface area contributed by atoms with Gasteiger partial charge in [-0.15, -0.1) is 0 Å². The molecule has 7 fully saturated rings. The van der Waals surface area contributed by atoms with E-state index >= 15 is 0 Å². The number of carboxylic acids is 1. The van der Waals surface area contributed by atoms with Crippen LogP contribution in [0.2, 0.25) is 0 Å². The Hall–Kier alpha value is -3.64. The fraction of sp³-hybridized carbons (Fsp3) is 0.930. The van der Waals surface area contributed by atoms with E-state index in [0.29, 0.717) is 0 Å². The first-order chi connectivity index (χ1) is 48.5. The van der Waals surface area contributed by atoms with Crippen molar-refractivity contribution in [1.82, 2.24) is 16.0 Å². The third kappa shape index (κ3) is 19.5. The predicted molar refractivity (Wildman–Crippen MR) is 317 cm³/mol. The van der Waals surface area contributed by atoms with Crippen molar-refractivity contribution < 1.29 is 213 Å². The molecular weight excluding hydrogens is 1410 g/mol. The van der Waals surface area contributed by atoms with E-state index in [1.807, 2.05) is 0 Å². The van der Waals surface area contributed by atoms with Gasteiger partial charge in [0.15, 0.2) is 37.7 Å². The molecule has 0 bridgehead atoms. The molecule has 40 atom stereocenters. The summed E-state index contributed by atoms with van der Waals surface area (Å²) in [5.41, 5.74) is 0. The largest absolute Gasteiger partial charge is 0.477 e. The third-order valence-electron chi connectivity index (χ3n) is 18.4. The van der Waals surface area contributed by atoms with Crippen molar-refractivity contribution >= 4 is 23.7 Å². The number of nitrogens with one attached hydrogen (secondary N) is 3. The van der Waals surface area contributed by atoms with Gasteiger partial charge in [0.05, 0.1) is 71.1 Å². The van der Waals surface area contributed by atoms with Crippen molar-refractivity contribution in [2.75, 3.05) is 52.9 Å². The molecule has 103 heavy (non-hydrogen) atoms. The van der Waals surface area contributed by atoms with Gasteiger partial charge in [0.2, 0.25) is 17.7 Å². The fourth-order valence-electron chi connectivity index (χ4n) is 12.8. The van der Waals surface area contributed by atoms with Crippen LogP contribution in [0, 0.1) is 0 Å². The second-order valence-electron chi connectivity index (χ2n) is 25.8. The normalized spacial score (nSPS) is 45.1. The molecule has 28 N–H and O–H groups in total. The number of carbonyl (C=O) groups is 4. The smallest absolute Gasteiger partial charge is 0.364 e. The van der Waals surface area contributed by atoms with E-state index in [1.165, 1.54) is 6.92 Å². The Labute approximate surface area is 583 Å². The summed E-state index contributed by atoms with van der Waals surface area (Å²) in [5, 5.41) is 279. The highest BCUT2D eigenvalue weighted by molar-refractivity contribution is 5.77. The SMILES string of the molecule is CC(=O)N[C@H]1[C@H](O[C@H]2[C@@H](O)[C@@H](CO)O[C@@H](O[C@H]3[C@H](O[C@@H]4O[C@@H](C)[C@@H](O)[C@@H](O)[C@@H]4O)[C@@H](NC(C)=O)[C@H](O[C@H]4[C@@H](O)[C@@H](CO)O[C@@H](O[C@@H]([C@H](O)[C@@H](O)CO)[C@H](O)CO)[C@@H]4O)O[C@@H]3CO)[C@@H]2O)O[C@H](CO)[C@@H](O[C@@H]2O[C@H](CO[C@]3(C(=O)O)C[C@H](O)[C@@H](NC(C)=O)[C@H]([C@H](O)[C@H](O)CO)O3)[C@H](O)[C@H](O)[C@H]2O)[C@@H]1O. The molecule has 0 aromatic heterocycles. The van der Waals surface area contributed by atoms with Gasteiger partial charge >= 0.3 is 5.97 Å². The number of carboxylic acid groups (broad SMARTS) is 1. The number of aliphatic hydroxyl groups excluding tert-OH is 24. The zero-order chi connectivity index (χ0) is 76.7. The van der Waals surface area contributed by atoms with Gasteiger partial charge in [0, 0.05) is 27.2 Å². The zero-order valence-corrected chi connectivity index (χ0v) is 55.4. The van der Waals surface area contributed by atoms with Crippen LogP contribution in [0.1, 0.15) is 34.1 Å². The van der Waals surface area contributed by atoms with E-state index in [4.69, 9.17) is 66.3 Å². The number of aliphatic carboxylic acids is 1. The average molecular weight is 1510 g/mol. The predicted octanol–water partition coefficient (Wildman–Crippen LogP) is -18.2. The van der Waals surface area contributed by atoms with Crippen LogP contribution in [-0.2, 0) is 85.5 Å². The van der Waals surface area contributed by atoms with E-state index in [-0.39, 0.29) is 0 Å². The van der Waals surface area contributed by atoms with E-state index in [0.717, 1.165) is 20.8 Å². The molecule has 0 aromatic rings. The second-order valence-corrected chi connectivity index (χ2v) is 25.8. The van der Waals surface area contributed by atoms with Gasteiger partial charge in [-0.05, 0) is 6.92 Å². The molecule has 7 heterocycles. The van der Waals surface area contributed by atoms with Crippen molar-refractivity contribution in [2.24, 2.45) is 0 Å². The molecule has 46 nitrogen and oxygen atoms in total. The summed E-state index contributed by atoms with van der Waals surface area (Å²) in [5.74, 6) is -7.86. The van der Waals surface area contributed by atoms with Crippen LogP contribution in [0.15, 0.2) is 0 Å². The number of amides is 3. The number of aliphatic hydroxyl groups is 24. The van der Waals surface area contributed by atoms with Gasteiger partial charge in [-0.3, -0.25) is 14.4 Å². The Morgan fingerprint density at radius 3 is 1.36 bits per heavy atom. The Balaban J connectivity index is 1.16. The number of hydrogen-bond acceptors (Lipinski definition) is 42. The molecule has 0 saturated carbocycles. The lowest BCUT2D eigenvalue weighted by molar-refractivity contribution is -0.395. The molecule has 7 rings (SSSR count). The van der Waals surface area contributed by atoms with Gasteiger partial charge in [-0.1, -0.05) is 0 Å². The monoisotopic (exact) mass is 1510 g/mol.